The van der Waals surface area contributed by atoms with Crippen LogP contribution >= 0.6 is 11.8 Å². The highest BCUT2D eigenvalue weighted by atomic mass is 32.2. The Morgan fingerprint density at radius 1 is 1.31 bits per heavy atom. The van der Waals surface area contributed by atoms with E-state index in [4.69, 9.17) is 0 Å². The molecule has 2 N–H and O–H groups in total. The van der Waals surface area contributed by atoms with Gasteiger partial charge in [0.1, 0.15) is 11.4 Å². The number of hydrogen-bond acceptors (Lipinski definition) is 4. The second-order valence-corrected chi connectivity index (χ2v) is 7.55. The number of para-hydroxylation sites is 1. The number of carboxylic acid groups (broad SMARTS) is 1. The van der Waals surface area contributed by atoms with E-state index >= 15 is 0 Å². The molecule has 2 aliphatic rings. The molecule has 130 valence electrons. The molecule has 0 amide bonds. The number of aromatic carboxylic acids is 1. The van der Waals surface area contributed by atoms with Gasteiger partial charge < -0.3 is 15.0 Å². The highest BCUT2D eigenvalue weighted by Gasteiger charge is 2.31. The Hall–Kier alpha value is -2.80. The molecule has 26 heavy (non-hydrogen) atoms. The van der Waals surface area contributed by atoms with Crippen molar-refractivity contribution in [3.8, 4) is 0 Å². The van der Waals surface area contributed by atoms with Crippen LogP contribution in [-0.4, -0.2) is 15.6 Å². The molecule has 1 aromatic heterocycles. The van der Waals surface area contributed by atoms with Gasteiger partial charge in [0.15, 0.2) is 0 Å². The van der Waals surface area contributed by atoms with Gasteiger partial charge in [-0.05, 0) is 31.0 Å². The lowest BCUT2D eigenvalue weighted by molar-refractivity contribution is 0.0695. The van der Waals surface area contributed by atoms with Crippen molar-refractivity contribution in [2.75, 3.05) is 5.32 Å². The Kier molecular flexibility index (Phi) is 3.18. The molecule has 0 unspecified atom stereocenters. The fourth-order valence-corrected chi connectivity index (χ4v) is 4.38. The lowest BCUT2D eigenvalue weighted by atomic mass is 10.1. The third kappa shape index (κ3) is 2.17. The molecule has 1 aliphatic heterocycles. The van der Waals surface area contributed by atoms with Crippen LogP contribution in [0, 0.1) is 5.82 Å². The first-order chi connectivity index (χ1) is 12.5. The molecular weight excluding hydrogens is 355 g/mol. The van der Waals surface area contributed by atoms with Gasteiger partial charge in [-0.3, -0.25) is 4.79 Å². The summed E-state index contributed by atoms with van der Waals surface area (Å²) >= 11 is 1.31. The standard InChI is InChI=1S/C19H13FN2O3S/c20-12-7-10-16(15-18(12)26-14-4-2-1-3-13(14)21-15)22(9-5-6-9)8-11(17(10)23)19(24)25/h1-4,7-9,21H,5-6H2,(H,24,25). The first kappa shape index (κ1) is 15.5. The highest BCUT2D eigenvalue weighted by molar-refractivity contribution is 7.99. The maximum atomic E-state index is 14.8. The van der Waals surface area contributed by atoms with Crippen LogP contribution in [0.2, 0.25) is 0 Å². The molecule has 2 aromatic carbocycles. The van der Waals surface area contributed by atoms with E-state index < -0.39 is 17.2 Å². The quantitative estimate of drug-likeness (QED) is 0.549. The Morgan fingerprint density at radius 2 is 2.08 bits per heavy atom. The molecular formula is C19H13FN2O3S. The van der Waals surface area contributed by atoms with E-state index in [-0.39, 0.29) is 17.0 Å². The summed E-state index contributed by atoms with van der Waals surface area (Å²) in [6.45, 7) is 0. The monoisotopic (exact) mass is 368 g/mol. The maximum absolute atomic E-state index is 14.8. The summed E-state index contributed by atoms with van der Waals surface area (Å²) in [6.07, 6.45) is 3.22. The first-order valence-electron chi connectivity index (χ1n) is 8.23. The summed E-state index contributed by atoms with van der Waals surface area (Å²) in [7, 11) is 0. The largest absolute Gasteiger partial charge is 0.477 e. The van der Waals surface area contributed by atoms with Crippen LogP contribution in [0.3, 0.4) is 0 Å². The zero-order chi connectivity index (χ0) is 18.0. The van der Waals surface area contributed by atoms with E-state index in [1.165, 1.54) is 24.0 Å². The number of aromatic nitrogens is 1. The van der Waals surface area contributed by atoms with Crippen LogP contribution in [0.4, 0.5) is 15.8 Å². The zero-order valence-electron chi connectivity index (χ0n) is 13.5. The fraction of sp³-hybridized carbons (Fsp3) is 0.158. The molecule has 7 heteroatoms. The molecule has 0 radical (unpaired) electrons. The van der Waals surface area contributed by atoms with E-state index in [9.17, 15) is 19.1 Å². The predicted octanol–water partition coefficient (Wildman–Crippen LogP) is 4.38. The molecule has 1 aliphatic carbocycles. The number of nitrogens with one attached hydrogen (secondary N) is 1. The zero-order valence-corrected chi connectivity index (χ0v) is 14.3. The fourth-order valence-electron chi connectivity index (χ4n) is 3.38. The molecule has 2 heterocycles. The van der Waals surface area contributed by atoms with Gasteiger partial charge in [0.25, 0.3) is 0 Å². The van der Waals surface area contributed by atoms with Gasteiger partial charge in [-0.15, -0.1) is 0 Å². The molecule has 5 rings (SSSR count). The summed E-state index contributed by atoms with van der Waals surface area (Å²) in [5, 5.41) is 12.7. The Bertz CT molecular complexity index is 1170. The van der Waals surface area contributed by atoms with E-state index in [0.29, 0.717) is 16.1 Å². The van der Waals surface area contributed by atoms with Gasteiger partial charge in [-0.1, -0.05) is 23.9 Å². The number of rotatable bonds is 2. The van der Waals surface area contributed by atoms with Crippen LogP contribution in [0.5, 0.6) is 0 Å². The minimum Gasteiger partial charge on any atom is -0.477 e. The van der Waals surface area contributed by atoms with Crippen LogP contribution < -0.4 is 10.7 Å². The highest BCUT2D eigenvalue weighted by Crippen LogP contribution is 2.49. The van der Waals surface area contributed by atoms with Gasteiger partial charge in [-0.2, -0.15) is 0 Å². The number of carbonyl (C=O) groups is 1. The lowest BCUT2D eigenvalue weighted by Crippen LogP contribution is -2.20. The van der Waals surface area contributed by atoms with E-state index in [2.05, 4.69) is 5.32 Å². The summed E-state index contributed by atoms with van der Waals surface area (Å²) in [5.41, 5.74) is 0.962. The summed E-state index contributed by atoms with van der Waals surface area (Å²) in [5.74, 6) is -1.82. The van der Waals surface area contributed by atoms with E-state index in [1.54, 1.807) is 0 Å². The van der Waals surface area contributed by atoms with Crippen LogP contribution in [0.25, 0.3) is 10.9 Å². The predicted molar refractivity (Wildman–Crippen MR) is 97.2 cm³/mol. The Morgan fingerprint density at radius 3 is 2.81 bits per heavy atom. The second kappa shape index (κ2) is 5.35. The van der Waals surface area contributed by atoms with E-state index in [1.807, 2.05) is 28.8 Å². The minimum atomic E-state index is -1.29. The van der Waals surface area contributed by atoms with Gasteiger partial charge in [0.05, 0.1) is 27.2 Å². The van der Waals surface area contributed by atoms with Crippen molar-refractivity contribution >= 4 is 40.0 Å². The molecule has 3 aromatic rings. The molecule has 5 nitrogen and oxygen atoms in total. The summed E-state index contributed by atoms with van der Waals surface area (Å²) in [6, 6.07) is 8.87. The summed E-state index contributed by atoms with van der Waals surface area (Å²) < 4.78 is 16.6. The maximum Gasteiger partial charge on any atom is 0.341 e. The number of nitrogens with zero attached hydrogens (tertiary/aromatic N) is 1. The molecule has 0 bridgehead atoms. The minimum absolute atomic E-state index is 0.0977. The van der Waals surface area contributed by atoms with Crippen molar-refractivity contribution in [2.45, 2.75) is 28.7 Å². The van der Waals surface area contributed by atoms with Crippen molar-refractivity contribution in [3.63, 3.8) is 0 Å². The number of fused-ring (bicyclic) bond motifs is 4. The number of benzene rings is 2. The smallest absolute Gasteiger partial charge is 0.341 e. The van der Waals surface area contributed by atoms with Crippen LogP contribution in [0.1, 0.15) is 29.2 Å². The molecule has 1 saturated carbocycles. The van der Waals surface area contributed by atoms with Crippen molar-refractivity contribution in [1.82, 2.24) is 4.57 Å². The van der Waals surface area contributed by atoms with Crippen LogP contribution in [-0.2, 0) is 0 Å². The SMILES string of the molecule is O=C(O)c1cn(C2CC2)c2c3c(c(F)cc2c1=O)Sc1ccccc1N3. The third-order valence-electron chi connectivity index (χ3n) is 4.75. The average Bonchev–Trinajstić information content (AvgIpc) is 3.46. The van der Waals surface area contributed by atoms with Gasteiger partial charge in [0, 0.05) is 17.1 Å². The van der Waals surface area contributed by atoms with Crippen molar-refractivity contribution < 1.29 is 14.3 Å². The van der Waals surface area contributed by atoms with Gasteiger partial charge >= 0.3 is 5.97 Å². The van der Waals surface area contributed by atoms with Crippen molar-refractivity contribution in [1.29, 1.82) is 0 Å². The average molecular weight is 368 g/mol. The topological polar surface area (TPSA) is 71.3 Å². The number of pyridine rings is 1. The lowest BCUT2D eigenvalue weighted by Gasteiger charge is -2.24. The Balaban J connectivity index is 1.88. The Labute approximate surface area is 151 Å². The van der Waals surface area contributed by atoms with Gasteiger partial charge in [-0.25, -0.2) is 9.18 Å². The molecule has 0 spiro atoms. The van der Waals surface area contributed by atoms with Crippen LogP contribution in [0.15, 0.2) is 51.1 Å². The van der Waals surface area contributed by atoms with Gasteiger partial charge in [0.2, 0.25) is 5.43 Å². The third-order valence-corrected chi connectivity index (χ3v) is 5.93. The molecule has 0 atom stereocenters. The van der Waals surface area contributed by atoms with Crippen molar-refractivity contribution in [3.05, 3.63) is 58.1 Å². The normalized spacial score (nSPS) is 15.3. The number of halogens is 1. The molecule has 1 fully saturated rings. The first-order valence-corrected chi connectivity index (χ1v) is 9.05. The number of anilines is 2. The van der Waals surface area contributed by atoms with E-state index in [0.717, 1.165) is 23.4 Å². The molecule has 0 saturated heterocycles. The number of hydrogen-bond donors (Lipinski definition) is 2. The van der Waals surface area contributed by atoms with Crippen molar-refractivity contribution in [2.24, 2.45) is 0 Å². The number of carboxylic acids is 1. The second-order valence-electron chi connectivity index (χ2n) is 6.50. The summed E-state index contributed by atoms with van der Waals surface area (Å²) in [4.78, 5) is 25.5.